The number of likely N-dealkylation sites (N-methyl/N-ethyl adjacent to an activating group) is 1. The maximum absolute atomic E-state index is 9.10. The van der Waals surface area contributed by atoms with Gasteiger partial charge in [0.25, 0.3) is 0 Å². The summed E-state index contributed by atoms with van der Waals surface area (Å²) in [5, 5.41) is 16.1. The molecule has 7 nitrogen and oxygen atoms in total. The van der Waals surface area contributed by atoms with Crippen LogP contribution in [0.1, 0.15) is 22.4 Å². The average molecular weight is 412 g/mol. The molecule has 0 radical (unpaired) electrons. The van der Waals surface area contributed by atoms with Crippen molar-refractivity contribution in [3.8, 4) is 0 Å². The smallest absolute Gasteiger partial charge is 0.414 e. The van der Waals surface area contributed by atoms with Gasteiger partial charge in [0.1, 0.15) is 0 Å². The van der Waals surface area contributed by atoms with Crippen LogP contribution in [0, 0.1) is 6.92 Å². The van der Waals surface area contributed by atoms with Crippen LogP contribution in [0.4, 0.5) is 0 Å². The molecule has 0 saturated carbocycles. The van der Waals surface area contributed by atoms with Crippen LogP contribution in [0.25, 0.3) is 10.9 Å². The van der Waals surface area contributed by atoms with Gasteiger partial charge in [0.2, 0.25) is 0 Å². The Hall–Kier alpha value is -3.16. The molecular formula is C23H29N3O4. The lowest BCUT2D eigenvalue weighted by Crippen LogP contribution is -2.21. The molecule has 3 aromatic rings. The number of hydrogen-bond acceptors (Lipinski definition) is 4. The van der Waals surface area contributed by atoms with E-state index in [1.54, 1.807) is 0 Å². The van der Waals surface area contributed by atoms with Crippen LogP contribution in [0.15, 0.2) is 48.5 Å². The van der Waals surface area contributed by atoms with E-state index in [4.69, 9.17) is 25.5 Å². The van der Waals surface area contributed by atoms with Gasteiger partial charge in [-0.2, -0.15) is 0 Å². The Morgan fingerprint density at radius 3 is 2.30 bits per heavy atom. The number of carbonyl (C=O) groups is 2. The van der Waals surface area contributed by atoms with Crippen LogP contribution in [0.2, 0.25) is 0 Å². The third-order valence-corrected chi connectivity index (χ3v) is 4.77. The number of nitrogens with two attached hydrogens (primary N) is 1. The number of nitrogens with zero attached hydrogens (tertiary/aromatic N) is 1. The Kier molecular flexibility index (Phi) is 8.58. The van der Waals surface area contributed by atoms with E-state index in [9.17, 15) is 0 Å². The van der Waals surface area contributed by atoms with Crippen molar-refractivity contribution in [2.24, 2.45) is 5.73 Å². The standard InChI is InChI=1S/C21H27N3.C2H2O4/c1-16-8-9-20-19(14-16)18(10-12-22)21(23-20)11-13-24(2)15-17-6-4-3-5-7-17;3-1(4)2(5)6/h3-9,14,23H,10-13,15,22H2,1-2H3;(H,3,4)(H,5,6). The Morgan fingerprint density at radius 1 is 1.03 bits per heavy atom. The fourth-order valence-corrected chi connectivity index (χ4v) is 3.34. The van der Waals surface area contributed by atoms with Gasteiger partial charge in [0.15, 0.2) is 0 Å². The lowest BCUT2D eigenvalue weighted by Gasteiger charge is -2.16. The highest BCUT2D eigenvalue weighted by Crippen LogP contribution is 2.24. The number of aromatic nitrogens is 1. The predicted molar refractivity (Wildman–Crippen MR) is 118 cm³/mol. The molecule has 0 saturated heterocycles. The van der Waals surface area contributed by atoms with E-state index < -0.39 is 11.9 Å². The monoisotopic (exact) mass is 411 g/mol. The SMILES string of the molecule is Cc1ccc2[nH]c(CCN(C)Cc3ccccc3)c(CCN)c2c1.O=C(O)C(=O)O. The molecule has 160 valence electrons. The first-order chi connectivity index (χ1) is 14.3. The Bertz CT molecular complexity index is 971. The highest BCUT2D eigenvalue weighted by atomic mass is 16.4. The second-order valence-electron chi connectivity index (χ2n) is 7.25. The van der Waals surface area contributed by atoms with Crippen molar-refractivity contribution in [1.82, 2.24) is 9.88 Å². The molecule has 0 spiro atoms. The summed E-state index contributed by atoms with van der Waals surface area (Å²) in [6, 6.07) is 17.2. The summed E-state index contributed by atoms with van der Waals surface area (Å²) >= 11 is 0. The van der Waals surface area contributed by atoms with Crippen LogP contribution < -0.4 is 5.73 Å². The van der Waals surface area contributed by atoms with Gasteiger partial charge in [-0.1, -0.05) is 42.0 Å². The van der Waals surface area contributed by atoms with Crippen LogP contribution in [-0.2, 0) is 29.0 Å². The van der Waals surface area contributed by atoms with Crippen molar-refractivity contribution in [3.05, 3.63) is 70.9 Å². The van der Waals surface area contributed by atoms with Crippen molar-refractivity contribution in [2.75, 3.05) is 20.1 Å². The van der Waals surface area contributed by atoms with Crippen LogP contribution in [-0.4, -0.2) is 52.2 Å². The van der Waals surface area contributed by atoms with Gasteiger partial charge in [-0.3, -0.25) is 0 Å². The lowest BCUT2D eigenvalue weighted by atomic mass is 10.0. The van der Waals surface area contributed by atoms with E-state index in [2.05, 4.69) is 72.4 Å². The van der Waals surface area contributed by atoms with Gasteiger partial charge < -0.3 is 25.8 Å². The number of fused-ring (bicyclic) bond motifs is 1. The van der Waals surface area contributed by atoms with E-state index in [-0.39, 0.29) is 0 Å². The van der Waals surface area contributed by atoms with Gasteiger partial charge in [-0.25, -0.2) is 9.59 Å². The molecule has 5 N–H and O–H groups in total. The van der Waals surface area contributed by atoms with E-state index in [0.29, 0.717) is 6.54 Å². The van der Waals surface area contributed by atoms with E-state index in [1.807, 2.05) is 0 Å². The third-order valence-electron chi connectivity index (χ3n) is 4.77. The number of rotatable bonds is 7. The lowest BCUT2D eigenvalue weighted by molar-refractivity contribution is -0.159. The van der Waals surface area contributed by atoms with Crippen molar-refractivity contribution in [3.63, 3.8) is 0 Å². The molecule has 0 amide bonds. The fraction of sp³-hybridized carbons (Fsp3) is 0.304. The molecule has 2 aromatic carbocycles. The zero-order valence-corrected chi connectivity index (χ0v) is 17.4. The molecule has 0 aliphatic rings. The molecule has 0 atom stereocenters. The first-order valence-electron chi connectivity index (χ1n) is 9.80. The number of nitrogens with one attached hydrogen (secondary N) is 1. The fourth-order valence-electron chi connectivity index (χ4n) is 3.34. The van der Waals surface area contributed by atoms with E-state index in [1.165, 1.54) is 33.3 Å². The molecule has 0 aliphatic carbocycles. The number of H-pyrrole nitrogens is 1. The Morgan fingerprint density at radius 2 is 1.70 bits per heavy atom. The first-order valence-corrected chi connectivity index (χ1v) is 9.80. The molecule has 7 heteroatoms. The quantitative estimate of drug-likeness (QED) is 0.444. The normalized spacial score (nSPS) is 10.7. The maximum Gasteiger partial charge on any atom is 0.414 e. The summed E-state index contributed by atoms with van der Waals surface area (Å²) in [6.07, 6.45) is 1.95. The molecule has 0 fully saturated rings. The Balaban J connectivity index is 0.000000469. The van der Waals surface area contributed by atoms with Gasteiger partial charge in [0, 0.05) is 36.1 Å². The number of carboxylic acid groups (broad SMARTS) is 2. The summed E-state index contributed by atoms with van der Waals surface area (Å²) < 4.78 is 0. The summed E-state index contributed by atoms with van der Waals surface area (Å²) in [5.41, 5.74) is 12.5. The summed E-state index contributed by atoms with van der Waals surface area (Å²) in [5.74, 6) is -3.65. The molecule has 0 bridgehead atoms. The number of hydrogen-bond donors (Lipinski definition) is 4. The summed E-state index contributed by atoms with van der Waals surface area (Å²) in [4.78, 5) is 24.2. The largest absolute Gasteiger partial charge is 0.473 e. The average Bonchev–Trinajstić information content (AvgIpc) is 3.05. The minimum atomic E-state index is -1.82. The summed E-state index contributed by atoms with van der Waals surface area (Å²) in [6.45, 7) is 4.84. The number of carboxylic acids is 2. The molecule has 0 aliphatic heterocycles. The van der Waals surface area contributed by atoms with Crippen LogP contribution in [0.5, 0.6) is 0 Å². The molecular weight excluding hydrogens is 382 g/mol. The van der Waals surface area contributed by atoms with Crippen molar-refractivity contribution in [1.29, 1.82) is 0 Å². The van der Waals surface area contributed by atoms with Crippen molar-refractivity contribution in [2.45, 2.75) is 26.3 Å². The zero-order chi connectivity index (χ0) is 22.1. The van der Waals surface area contributed by atoms with Crippen LogP contribution >= 0.6 is 0 Å². The minimum absolute atomic E-state index is 0.688. The number of aliphatic carboxylic acids is 2. The molecule has 1 aromatic heterocycles. The minimum Gasteiger partial charge on any atom is -0.473 e. The van der Waals surface area contributed by atoms with Gasteiger partial charge >= 0.3 is 11.9 Å². The molecule has 30 heavy (non-hydrogen) atoms. The van der Waals surface area contributed by atoms with E-state index in [0.717, 1.165) is 25.9 Å². The summed E-state index contributed by atoms with van der Waals surface area (Å²) in [7, 11) is 2.18. The number of benzene rings is 2. The Labute approximate surface area is 176 Å². The van der Waals surface area contributed by atoms with Crippen LogP contribution in [0.3, 0.4) is 0 Å². The number of aryl methyl sites for hydroxylation is 1. The third kappa shape index (κ3) is 6.72. The molecule has 1 heterocycles. The van der Waals surface area contributed by atoms with E-state index >= 15 is 0 Å². The number of aromatic amines is 1. The van der Waals surface area contributed by atoms with Gasteiger partial charge in [-0.05, 0) is 50.2 Å². The molecule has 3 rings (SSSR count). The topological polar surface area (TPSA) is 120 Å². The van der Waals surface area contributed by atoms with Gasteiger partial charge in [-0.15, -0.1) is 0 Å². The second-order valence-corrected chi connectivity index (χ2v) is 7.25. The van der Waals surface area contributed by atoms with Crippen molar-refractivity contribution < 1.29 is 19.8 Å². The maximum atomic E-state index is 9.10. The first kappa shape index (κ1) is 23.1. The predicted octanol–water partition coefficient (Wildman–Crippen LogP) is 2.81. The second kappa shape index (κ2) is 11.1. The van der Waals surface area contributed by atoms with Crippen molar-refractivity contribution >= 4 is 22.8 Å². The highest BCUT2D eigenvalue weighted by molar-refractivity contribution is 6.27. The molecule has 0 unspecified atom stereocenters. The van der Waals surface area contributed by atoms with Gasteiger partial charge in [0.05, 0.1) is 0 Å². The zero-order valence-electron chi connectivity index (χ0n) is 17.4. The highest BCUT2D eigenvalue weighted by Gasteiger charge is 2.12.